The minimum atomic E-state index is -0.0597. The lowest BCUT2D eigenvalue weighted by atomic mass is 9.93. The fourth-order valence-corrected chi connectivity index (χ4v) is 4.34. The quantitative estimate of drug-likeness (QED) is 0.750. The summed E-state index contributed by atoms with van der Waals surface area (Å²) in [5, 5.41) is 3.00. The molecule has 2 aliphatic rings. The second-order valence-electron chi connectivity index (χ2n) is 8.98. The van der Waals surface area contributed by atoms with Crippen molar-refractivity contribution >= 4 is 17.6 Å². The number of urea groups is 1. The largest absolute Gasteiger partial charge is 0.342 e. The Morgan fingerprint density at radius 3 is 2.48 bits per heavy atom. The smallest absolute Gasteiger partial charge is 0.321 e. The highest BCUT2D eigenvalue weighted by atomic mass is 16.2. The molecule has 2 aromatic rings. The van der Waals surface area contributed by atoms with Crippen LogP contribution >= 0.6 is 0 Å². The van der Waals surface area contributed by atoms with Crippen LogP contribution in [0.1, 0.15) is 56.1 Å². The van der Waals surface area contributed by atoms with Crippen molar-refractivity contribution in [2.24, 2.45) is 5.92 Å². The molecule has 0 aliphatic carbocycles. The van der Waals surface area contributed by atoms with Crippen LogP contribution in [0, 0.1) is 5.92 Å². The van der Waals surface area contributed by atoms with Crippen LogP contribution in [-0.4, -0.2) is 52.9 Å². The number of hydrogen-bond acceptors (Lipinski definition) is 3. The van der Waals surface area contributed by atoms with Crippen molar-refractivity contribution in [2.75, 3.05) is 31.5 Å². The maximum absolute atomic E-state index is 12.5. The molecule has 0 radical (unpaired) electrons. The summed E-state index contributed by atoms with van der Waals surface area (Å²) < 4.78 is 0. The summed E-state index contributed by atoms with van der Waals surface area (Å²) in [4.78, 5) is 32.9. The number of carbonyl (C=O) groups is 2. The lowest BCUT2D eigenvalue weighted by Crippen LogP contribution is -2.50. The van der Waals surface area contributed by atoms with Crippen LogP contribution in [0.15, 0.2) is 48.8 Å². The van der Waals surface area contributed by atoms with E-state index in [4.69, 9.17) is 0 Å². The molecule has 31 heavy (non-hydrogen) atoms. The van der Waals surface area contributed by atoms with Gasteiger partial charge in [-0.05, 0) is 41.7 Å². The molecular formula is C25H32N4O2. The zero-order valence-electron chi connectivity index (χ0n) is 18.5. The monoisotopic (exact) mass is 420 g/mol. The predicted molar refractivity (Wildman–Crippen MR) is 122 cm³/mol. The number of nitrogens with zero attached hydrogens (tertiary/aromatic N) is 3. The molecule has 1 aromatic heterocycles. The van der Waals surface area contributed by atoms with Gasteiger partial charge in [-0.15, -0.1) is 0 Å². The maximum Gasteiger partial charge on any atom is 0.321 e. The molecule has 0 saturated carbocycles. The van der Waals surface area contributed by atoms with E-state index in [1.54, 1.807) is 6.20 Å². The van der Waals surface area contributed by atoms with Gasteiger partial charge in [0.25, 0.3) is 0 Å². The Balaban J connectivity index is 1.25. The van der Waals surface area contributed by atoms with Crippen molar-refractivity contribution in [3.63, 3.8) is 0 Å². The van der Waals surface area contributed by atoms with E-state index in [0.29, 0.717) is 24.2 Å². The lowest BCUT2D eigenvalue weighted by molar-refractivity contribution is -0.131. The van der Waals surface area contributed by atoms with Crippen LogP contribution in [-0.2, 0) is 4.79 Å². The van der Waals surface area contributed by atoms with E-state index >= 15 is 0 Å². The molecule has 2 unspecified atom stereocenters. The van der Waals surface area contributed by atoms with Gasteiger partial charge in [0, 0.05) is 62.5 Å². The number of likely N-dealkylation sites (tertiary alicyclic amines) is 2. The Morgan fingerprint density at radius 2 is 1.81 bits per heavy atom. The summed E-state index contributed by atoms with van der Waals surface area (Å²) in [6.45, 7) is 7.34. The number of benzene rings is 1. The lowest BCUT2D eigenvalue weighted by Gasteiger charge is -2.39. The maximum atomic E-state index is 12.5. The Hall–Kier alpha value is -2.89. The number of amides is 3. The minimum absolute atomic E-state index is 0.0597. The fourth-order valence-electron chi connectivity index (χ4n) is 4.34. The van der Waals surface area contributed by atoms with Crippen LogP contribution < -0.4 is 5.32 Å². The van der Waals surface area contributed by atoms with Crippen LogP contribution in [0.2, 0.25) is 0 Å². The number of carbonyl (C=O) groups excluding carboxylic acids is 2. The average molecular weight is 421 g/mol. The van der Waals surface area contributed by atoms with E-state index in [1.165, 1.54) is 11.1 Å². The minimum Gasteiger partial charge on any atom is -0.342 e. The van der Waals surface area contributed by atoms with Gasteiger partial charge < -0.3 is 15.1 Å². The van der Waals surface area contributed by atoms with Crippen molar-refractivity contribution in [3.05, 3.63) is 59.9 Å². The van der Waals surface area contributed by atoms with Crippen molar-refractivity contribution in [1.82, 2.24) is 14.8 Å². The van der Waals surface area contributed by atoms with Gasteiger partial charge in [0.15, 0.2) is 0 Å². The molecular weight excluding hydrogens is 388 g/mol. The fraction of sp³-hybridized carbons (Fsp3) is 0.480. The van der Waals surface area contributed by atoms with Crippen molar-refractivity contribution in [1.29, 1.82) is 0 Å². The predicted octanol–water partition coefficient (Wildman–Crippen LogP) is 4.47. The van der Waals surface area contributed by atoms with Crippen molar-refractivity contribution in [3.8, 4) is 0 Å². The number of rotatable bonds is 6. The molecule has 3 heterocycles. The topological polar surface area (TPSA) is 65.5 Å². The van der Waals surface area contributed by atoms with Crippen molar-refractivity contribution in [2.45, 2.75) is 44.9 Å². The van der Waals surface area contributed by atoms with Crippen molar-refractivity contribution < 1.29 is 9.59 Å². The first-order valence-electron chi connectivity index (χ1n) is 11.4. The molecule has 2 atom stereocenters. The van der Waals surface area contributed by atoms with Gasteiger partial charge in [-0.2, -0.15) is 0 Å². The third kappa shape index (κ3) is 5.06. The third-order valence-electron chi connectivity index (χ3n) is 6.72. The second kappa shape index (κ2) is 9.50. The first kappa shape index (κ1) is 21.3. The van der Waals surface area contributed by atoms with Gasteiger partial charge in [-0.1, -0.05) is 38.5 Å². The summed E-state index contributed by atoms with van der Waals surface area (Å²) in [5.74, 6) is 1.47. The molecule has 0 bridgehead atoms. The number of hydrogen-bond donors (Lipinski definition) is 1. The standard InChI is InChI=1S/C25H32N4O2/c1-3-18(2)13-24(30)28-12-10-21(15-28)19-6-8-23(9-7-19)27-25(31)29-16-22(17-29)20-5-4-11-26-14-20/h4-9,11,14,18,21-22H,3,10,12-13,15-17H2,1-2H3,(H,27,31). The summed E-state index contributed by atoms with van der Waals surface area (Å²) in [6.07, 6.45) is 6.33. The second-order valence-corrected chi connectivity index (χ2v) is 8.98. The zero-order chi connectivity index (χ0) is 21.8. The molecule has 2 fully saturated rings. The van der Waals surface area contributed by atoms with Gasteiger partial charge in [0.1, 0.15) is 0 Å². The summed E-state index contributed by atoms with van der Waals surface area (Å²) in [5.41, 5.74) is 3.22. The first-order valence-corrected chi connectivity index (χ1v) is 11.4. The molecule has 1 aromatic carbocycles. The molecule has 1 N–H and O–H groups in total. The van der Waals surface area contributed by atoms with E-state index in [-0.39, 0.29) is 11.9 Å². The first-order chi connectivity index (χ1) is 15.0. The Morgan fingerprint density at radius 1 is 1.06 bits per heavy atom. The van der Waals surface area contributed by atoms with Crippen LogP contribution in [0.4, 0.5) is 10.5 Å². The summed E-state index contributed by atoms with van der Waals surface area (Å²) >= 11 is 0. The van der Waals surface area contributed by atoms with E-state index in [0.717, 1.165) is 44.7 Å². The van der Waals surface area contributed by atoms with Crippen LogP contribution in [0.25, 0.3) is 0 Å². The molecule has 6 nitrogen and oxygen atoms in total. The molecule has 4 rings (SSSR count). The van der Waals surface area contributed by atoms with Crippen LogP contribution in [0.5, 0.6) is 0 Å². The highest BCUT2D eigenvalue weighted by Crippen LogP contribution is 2.30. The molecule has 6 heteroatoms. The average Bonchev–Trinajstić information content (AvgIpc) is 3.24. The molecule has 2 saturated heterocycles. The third-order valence-corrected chi connectivity index (χ3v) is 6.72. The highest BCUT2D eigenvalue weighted by Gasteiger charge is 2.32. The van der Waals surface area contributed by atoms with Gasteiger partial charge in [-0.25, -0.2) is 4.79 Å². The number of anilines is 1. The normalized spacial score (nSPS) is 19.7. The van der Waals surface area contributed by atoms with Gasteiger partial charge in [-0.3, -0.25) is 9.78 Å². The van der Waals surface area contributed by atoms with Gasteiger partial charge >= 0.3 is 6.03 Å². The van der Waals surface area contributed by atoms with E-state index in [1.807, 2.05) is 34.2 Å². The number of aromatic nitrogens is 1. The van der Waals surface area contributed by atoms with E-state index < -0.39 is 0 Å². The number of nitrogens with one attached hydrogen (secondary N) is 1. The zero-order valence-corrected chi connectivity index (χ0v) is 18.5. The van der Waals surface area contributed by atoms with E-state index in [2.05, 4.69) is 42.3 Å². The van der Waals surface area contributed by atoms with Gasteiger partial charge in [0.05, 0.1) is 0 Å². The Kier molecular flexibility index (Phi) is 6.54. The van der Waals surface area contributed by atoms with Crippen LogP contribution in [0.3, 0.4) is 0 Å². The molecule has 164 valence electrons. The Bertz CT molecular complexity index is 893. The molecule has 2 aliphatic heterocycles. The van der Waals surface area contributed by atoms with E-state index in [9.17, 15) is 9.59 Å². The Labute approximate surface area is 184 Å². The molecule has 0 spiro atoms. The summed E-state index contributed by atoms with van der Waals surface area (Å²) in [6, 6.07) is 12.0. The summed E-state index contributed by atoms with van der Waals surface area (Å²) in [7, 11) is 0. The number of pyridine rings is 1. The highest BCUT2D eigenvalue weighted by molar-refractivity contribution is 5.90. The SMILES string of the molecule is CCC(C)CC(=O)N1CCC(c2ccc(NC(=O)N3CC(c4cccnc4)C3)cc2)C1. The molecule has 3 amide bonds. The van der Waals surface area contributed by atoms with Gasteiger partial charge in [0.2, 0.25) is 5.91 Å².